The van der Waals surface area contributed by atoms with Crippen molar-refractivity contribution < 1.29 is 9.72 Å². The monoisotopic (exact) mass is 306 g/mol. The summed E-state index contributed by atoms with van der Waals surface area (Å²) in [7, 11) is 0. The SMILES string of the molecule is CCC(C(=O)Nc1cnn(CC)c1C)n1cc([N+](=O)[O-])cn1. The fourth-order valence-corrected chi connectivity index (χ4v) is 2.19. The molecule has 1 N–H and O–H groups in total. The van der Waals surface area contributed by atoms with Crippen LogP contribution in [0.4, 0.5) is 11.4 Å². The molecule has 2 aromatic heterocycles. The first-order chi connectivity index (χ1) is 10.5. The Morgan fingerprint density at radius 1 is 1.41 bits per heavy atom. The fourth-order valence-electron chi connectivity index (χ4n) is 2.19. The second-order valence-corrected chi connectivity index (χ2v) is 4.81. The molecule has 9 heteroatoms. The largest absolute Gasteiger partial charge is 0.321 e. The quantitative estimate of drug-likeness (QED) is 0.647. The molecule has 0 saturated heterocycles. The third kappa shape index (κ3) is 2.97. The number of hydrogen-bond donors (Lipinski definition) is 1. The Morgan fingerprint density at radius 3 is 2.64 bits per heavy atom. The van der Waals surface area contributed by atoms with Crippen molar-refractivity contribution in [3.8, 4) is 0 Å². The van der Waals surface area contributed by atoms with E-state index in [1.165, 1.54) is 10.9 Å². The number of anilines is 1. The Kier molecular flexibility index (Phi) is 4.54. The average molecular weight is 306 g/mol. The van der Waals surface area contributed by atoms with Gasteiger partial charge >= 0.3 is 5.69 Å². The number of nitrogens with one attached hydrogen (secondary N) is 1. The van der Waals surface area contributed by atoms with E-state index in [0.29, 0.717) is 18.7 Å². The Bertz CT molecular complexity index is 690. The maximum atomic E-state index is 12.4. The van der Waals surface area contributed by atoms with Crippen molar-refractivity contribution in [2.24, 2.45) is 0 Å². The normalized spacial score (nSPS) is 12.1. The van der Waals surface area contributed by atoms with Crippen molar-refractivity contribution in [2.45, 2.75) is 39.8 Å². The van der Waals surface area contributed by atoms with Gasteiger partial charge in [-0.2, -0.15) is 10.2 Å². The molecule has 9 nitrogen and oxygen atoms in total. The maximum Gasteiger partial charge on any atom is 0.307 e. The van der Waals surface area contributed by atoms with Gasteiger partial charge in [0.25, 0.3) is 0 Å². The molecule has 0 aliphatic rings. The summed E-state index contributed by atoms with van der Waals surface area (Å²) in [5, 5.41) is 21.6. The first-order valence-corrected chi connectivity index (χ1v) is 6.99. The first-order valence-electron chi connectivity index (χ1n) is 6.99. The Hall–Kier alpha value is -2.71. The highest BCUT2D eigenvalue weighted by Crippen LogP contribution is 2.20. The zero-order valence-electron chi connectivity index (χ0n) is 12.7. The minimum absolute atomic E-state index is 0.138. The van der Waals surface area contributed by atoms with Gasteiger partial charge in [-0.05, 0) is 20.3 Å². The van der Waals surface area contributed by atoms with Crippen molar-refractivity contribution in [3.05, 3.63) is 34.4 Å². The van der Waals surface area contributed by atoms with Crippen molar-refractivity contribution in [2.75, 3.05) is 5.32 Å². The van der Waals surface area contributed by atoms with Crippen LogP contribution in [-0.4, -0.2) is 30.4 Å². The minimum atomic E-state index is -0.613. The van der Waals surface area contributed by atoms with Gasteiger partial charge in [0.15, 0.2) is 0 Å². The van der Waals surface area contributed by atoms with Gasteiger partial charge in [-0.15, -0.1) is 0 Å². The van der Waals surface area contributed by atoms with Crippen LogP contribution in [0.5, 0.6) is 0 Å². The molecule has 0 aliphatic carbocycles. The summed E-state index contributed by atoms with van der Waals surface area (Å²) in [6.45, 7) is 6.36. The number of nitrogens with zero attached hydrogens (tertiary/aromatic N) is 5. The third-order valence-corrected chi connectivity index (χ3v) is 3.47. The molecule has 0 spiro atoms. The van der Waals surface area contributed by atoms with E-state index >= 15 is 0 Å². The van der Waals surface area contributed by atoms with E-state index in [2.05, 4.69) is 15.5 Å². The van der Waals surface area contributed by atoms with Gasteiger partial charge in [-0.25, -0.2) is 0 Å². The molecule has 0 saturated carbocycles. The molecule has 1 atom stereocenters. The predicted molar refractivity (Wildman–Crippen MR) is 79.5 cm³/mol. The zero-order valence-corrected chi connectivity index (χ0v) is 12.7. The summed E-state index contributed by atoms with van der Waals surface area (Å²) in [6.07, 6.45) is 4.45. The van der Waals surface area contributed by atoms with E-state index in [1.807, 2.05) is 20.8 Å². The third-order valence-electron chi connectivity index (χ3n) is 3.47. The molecule has 2 rings (SSSR count). The lowest BCUT2D eigenvalue weighted by Gasteiger charge is -2.15. The Balaban J connectivity index is 2.17. The molecule has 0 bridgehead atoms. The summed E-state index contributed by atoms with van der Waals surface area (Å²) in [5.74, 6) is -0.278. The molecule has 1 unspecified atom stereocenters. The fraction of sp³-hybridized carbons (Fsp3) is 0.462. The summed E-state index contributed by atoms with van der Waals surface area (Å²) in [6, 6.07) is -0.613. The second kappa shape index (κ2) is 6.37. The topological polar surface area (TPSA) is 108 Å². The molecular weight excluding hydrogens is 288 g/mol. The van der Waals surface area contributed by atoms with E-state index in [1.54, 1.807) is 10.9 Å². The average Bonchev–Trinajstić information content (AvgIpc) is 3.08. The molecular formula is C13H18N6O3. The number of amides is 1. The molecule has 2 heterocycles. The van der Waals surface area contributed by atoms with Gasteiger partial charge < -0.3 is 5.32 Å². The lowest BCUT2D eigenvalue weighted by molar-refractivity contribution is -0.385. The smallest absolute Gasteiger partial charge is 0.307 e. The number of hydrogen-bond acceptors (Lipinski definition) is 5. The van der Waals surface area contributed by atoms with Gasteiger partial charge in [-0.3, -0.25) is 24.3 Å². The van der Waals surface area contributed by atoms with Gasteiger partial charge in [0, 0.05) is 6.54 Å². The van der Waals surface area contributed by atoms with E-state index in [0.717, 1.165) is 11.9 Å². The van der Waals surface area contributed by atoms with Crippen LogP contribution < -0.4 is 5.32 Å². The number of nitro groups is 1. The summed E-state index contributed by atoms with van der Waals surface area (Å²) < 4.78 is 3.09. The van der Waals surface area contributed by atoms with Crippen molar-refractivity contribution in [1.29, 1.82) is 0 Å². The molecule has 0 radical (unpaired) electrons. The van der Waals surface area contributed by atoms with Crippen LogP contribution in [0.15, 0.2) is 18.6 Å². The van der Waals surface area contributed by atoms with Crippen LogP contribution in [0.3, 0.4) is 0 Å². The summed E-state index contributed by atoms with van der Waals surface area (Å²) in [4.78, 5) is 22.6. The van der Waals surface area contributed by atoms with Crippen LogP contribution in [-0.2, 0) is 11.3 Å². The number of aromatic nitrogens is 4. The lowest BCUT2D eigenvalue weighted by Crippen LogP contribution is -2.26. The minimum Gasteiger partial charge on any atom is -0.321 e. The van der Waals surface area contributed by atoms with Crippen LogP contribution in [0.25, 0.3) is 0 Å². The maximum absolute atomic E-state index is 12.4. The number of aryl methyl sites for hydroxylation is 1. The molecule has 2 aromatic rings. The zero-order chi connectivity index (χ0) is 16.3. The molecule has 22 heavy (non-hydrogen) atoms. The van der Waals surface area contributed by atoms with E-state index in [4.69, 9.17) is 0 Å². The number of carbonyl (C=O) groups excluding carboxylic acids is 1. The molecule has 118 valence electrons. The Morgan fingerprint density at radius 2 is 2.14 bits per heavy atom. The van der Waals surface area contributed by atoms with E-state index < -0.39 is 11.0 Å². The van der Waals surface area contributed by atoms with Crippen molar-refractivity contribution in [1.82, 2.24) is 19.6 Å². The van der Waals surface area contributed by atoms with Crippen LogP contribution >= 0.6 is 0 Å². The molecule has 0 aromatic carbocycles. The van der Waals surface area contributed by atoms with Crippen LogP contribution in [0, 0.1) is 17.0 Å². The number of carbonyl (C=O) groups is 1. The van der Waals surface area contributed by atoms with Crippen LogP contribution in [0.2, 0.25) is 0 Å². The van der Waals surface area contributed by atoms with Crippen LogP contribution in [0.1, 0.15) is 32.0 Å². The lowest BCUT2D eigenvalue weighted by atomic mass is 10.2. The highest BCUT2D eigenvalue weighted by atomic mass is 16.6. The first kappa shape index (κ1) is 15.7. The Labute approximate surface area is 127 Å². The molecule has 0 aliphatic heterocycles. The van der Waals surface area contributed by atoms with E-state index in [9.17, 15) is 14.9 Å². The summed E-state index contributed by atoms with van der Waals surface area (Å²) >= 11 is 0. The predicted octanol–water partition coefficient (Wildman–Crippen LogP) is 1.91. The highest BCUT2D eigenvalue weighted by Gasteiger charge is 2.23. The van der Waals surface area contributed by atoms with Crippen molar-refractivity contribution in [3.63, 3.8) is 0 Å². The van der Waals surface area contributed by atoms with Gasteiger partial charge in [-0.1, -0.05) is 6.92 Å². The summed E-state index contributed by atoms with van der Waals surface area (Å²) in [5.41, 5.74) is 1.35. The van der Waals surface area contributed by atoms with Crippen molar-refractivity contribution >= 4 is 17.3 Å². The van der Waals surface area contributed by atoms with Gasteiger partial charge in [0.05, 0.1) is 22.5 Å². The van der Waals surface area contributed by atoms with Gasteiger partial charge in [0.2, 0.25) is 5.91 Å². The number of rotatable bonds is 6. The van der Waals surface area contributed by atoms with E-state index in [-0.39, 0.29) is 11.6 Å². The van der Waals surface area contributed by atoms with Gasteiger partial charge in [0.1, 0.15) is 18.4 Å². The standard InChI is InChI=1S/C13H18N6O3/c1-4-12(18-8-10(6-14-18)19(21)22)13(20)16-11-7-15-17(5-2)9(11)3/h6-8,12H,4-5H2,1-3H3,(H,16,20). The highest BCUT2D eigenvalue weighted by molar-refractivity contribution is 5.94. The second-order valence-electron chi connectivity index (χ2n) is 4.81. The molecule has 1 amide bonds. The molecule has 0 fully saturated rings.